The number of carbonyl (C=O) groups is 1. The summed E-state index contributed by atoms with van der Waals surface area (Å²) in [6.07, 6.45) is 0.646. The molecule has 7 nitrogen and oxygen atoms in total. The third-order valence-electron chi connectivity index (χ3n) is 4.93. The van der Waals surface area contributed by atoms with E-state index in [4.69, 9.17) is 26.3 Å². The molecule has 176 valence electrons. The van der Waals surface area contributed by atoms with Crippen molar-refractivity contribution in [1.29, 1.82) is 5.26 Å². The van der Waals surface area contributed by atoms with Gasteiger partial charge in [-0.2, -0.15) is 5.26 Å². The Morgan fingerprint density at radius 2 is 1.76 bits per heavy atom. The Morgan fingerprint density at radius 3 is 2.41 bits per heavy atom. The van der Waals surface area contributed by atoms with E-state index in [-0.39, 0.29) is 35.1 Å². The van der Waals surface area contributed by atoms with Crippen LogP contribution in [0.2, 0.25) is 5.02 Å². The molecule has 0 atom stereocenters. The van der Waals surface area contributed by atoms with Crippen LogP contribution in [0, 0.1) is 11.3 Å². The molecule has 3 rings (SSSR count). The van der Waals surface area contributed by atoms with Crippen molar-refractivity contribution in [1.82, 2.24) is 0 Å². The Balaban J connectivity index is 1.99. The molecule has 3 aromatic rings. The average molecular weight is 499 g/mol. The SMILES string of the molecule is COc1ccc(N(Cc2ccccc2)S(=O)(=O)c2cc(C(=O)OCCCC#N)ccc2Cl)cc1. The number of carbonyl (C=O) groups excluding carboxylic acids is 1. The number of ether oxygens (including phenoxy) is 2. The zero-order chi connectivity index (χ0) is 24.6. The molecule has 0 bridgehead atoms. The number of nitrogens with zero attached hydrogens (tertiary/aromatic N) is 2. The van der Waals surface area contributed by atoms with Crippen molar-refractivity contribution in [3.05, 3.63) is 88.9 Å². The lowest BCUT2D eigenvalue weighted by molar-refractivity contribution is 0.0501. The molecule has 0 amide bonds. The van der Waals surface area contributed by atoms with Gasteiger partial charge in [-0.3, -0.25) is 4.31 Å². The molecule has 0 aliphatic rings. The number of benzene rings is 3. The molecule has 0 fully saturated rings. The van der Waals surface area contributed by atoms with Crippen LogP contribution in [0.15, 0.2) is 77.7 Å². The minimum absolute atomic E-state index is 0.0207. The summed E-state index contributed by atoms with van der Waals surface area (Å²) in [6.45, 7) is 0.109. The number of sulfonamides is 1. The third-order valence-corrected chi connectivity index (χ3v) is 7.19. The molecule has 0 saturated carbocycles. The highest BCUT2D eigenvalue weighted by Gasteiger charge is 2.29. The second-order valence-electron chi connectivity index (χ2n) is 7.24. The maximum absolute atomic E-state index is 13.8. The van der Waals surface area contributed by atoms with Crippen LogP contribution in [0.25, 0.3) is 0 Å². The van der Waals surface area contributed by atoms with Crippen molar-refractivity contribution >= 4 is 33.3 Å². The van der Waals surface area contributed by atoms with Crippen LogP contribution in [0.3, 0.4) is 0 Å². The number of hydrogen-bond acceptors (Lipinski definition) is 6. The van der Waals surface area contributed by atoms with Gasteiger partial charge in [0.05, 0.1) is 42.6 Å². The molecule has 3 aromatic carbocycles. The molecule has 0 aromatic heterocycles. The number of anilines is 1. The van der Waals surface area contributed by atoms with Gasteiger partial charge in [0.25, 0.3) is 10.0 Å². The minimum atomic E-state index is -4.18. The van der Waals surface area contributed by atoms with Gasteiger partial charge in [0.15, 0.2) is 0 Å². The Hall–Kier alpha value is -3.54. The molecule has 0 unspecified atom stereocenters. The van der Waals surface area contributed by atoms with Crippen LogP contribution < -0.4 is 9.04 Å². The van der Waals surface area contributed by atoms with Gasteiger partial charge in [0.2, 0.25) is 0 Å². The molecule has 34 heavy (non-hydrogen) atoms. The number of halogens is 1. The molecular weight excluding hydrogens is 476 g/mol. The first kappa shape index (κ1) is 25.1. The first-order chi connectivity index (χ1) is 16.4. The van der Waals surface area contributed by atoms with Gasteiger partial charge in [0, 0.05) is 6.42 Å². The lowest BCUT2D eigenvalue weighted by atomic mass is 10.2. The second-order valence-corrected chi connectivity index (χ2v) is 9.48. The standard InChI is InChI=1S/C25H23ClN2O5S/c1-32-22-12-10-21(11-13-22)28(18-19-7-3-2-4-8-19)34(30,31)24-17-20(9-14-23(24)26)25(29)33-16-6-5-15-27/h2-4,7-14,17H,5-6,16,18H2,1H3. The molecule has 0 aliphatic carbocycles. The van der Waals surface area contributed by atoms with Crippen molar-refractivity contribution in [2.75, 3.05) is 18.0 Å². The Labute approximate surface area is 204 Å². The van der Waals surface area contributed by atoms with E-state index in [9.17, 15) is 13.2 Å². The van der Waals surface area contributed by atoms with Gasteiger partial charge in [0.1, 0.15) is 10.6 Å². The van der Waals surface area contributed by atoms with Crippen LogP contribution in [0.1, 0.15) is 28.8 Å². The van der Waals surface area contributed by atoms with E-state index in [1.54, 1.807) is 24.3 Å². The van der Waals surface area contributed by atoms with Crippen molar-refractivity contribution < 1.29 is 22.7 Å². The summed E-state index contributed by atoms with van der Waals surface area (Å²) in [6, 6.07) is 21.7. The normalized spacial score (nSPS) is 10.9. The fourth-order valence-corrected chi connectivity index (χ4v) is 5.12. The number of unbranched alkanes of at least 4 members (excludes halogenated alkanes) is 1. The van der Waals surface area contributed by atoms with Crippen molar-refractivity contribution in [2.45, 2.75) is 24.3 Å². The monoisotopic (exact) mass is 498 g/mol. The maximum Gasteiger partial charge on any atom is 0.338 e. The van der Waals surface area contributed by atoms with Gasteiger partial charge < -0.3 is 9.47 Å². The summed E-state index contributed by atoms with van der Waals surface area (Å²) in [5, 5.41) is 8.58. The van der Waals surface area contributed by atoms with Crippen LogP contribution >= 0.6 is 11.6 Å². The highest BCUT2D eigenvalue weighted by Crippen LogP contribution is 2.32. The van der Waals surface area contributed by atoms with E-state index in [1.807, 2.05) is 36.4 Å². The Morgan fingerprint density at radius 1 is 1.06 bits per heavy atom. The molecule has 0 saturated heterocycles. The summed E-state index contributed by atoms with van der Waals surface area (Å²) in [7, 11) is -2.65. The van der Waals surface area contributed by atoms with Gasteiger partial charge >= 0.3 is 5.97 Å². The maximum atomic E-state index is 13.8. The second kappa shape index (κ2) is 11.5. The molecular formula is C25H23ClN2O5S. The molecule has 9 heteroatoms. The molecule has 0 aliphatic heterocycles. The van der Waals surface area contributed by atoms with Gasteiger partial charge in [-0.05, 0) is 54.4 Å². The van der Waals surface area contributed by atoms with Crippen LogP contribution in [-0.2, 0) is 21.3 Å². The van der Waals surface area contributed by atoms with E-state index in [0.717, 1.165) is 5.56 Å². The first-order valence-electron chi connectivity index (χ1n) is 10.4. The zero-order valence-electron chi connectivity index (χ0n) is 18.5. The molecule has 0 spiro atoms. The summed E-state index contributed by atoms with van der Waals surface area (Å²) >= 11 is 6.30. The predicted molar refractivity (Wildman–Crippen MR) is 129 cm³/mol. The molecule has 0 radical (unpaired) electrons. The van der Waals surface area contributed by atoms with E-state index >= 15 is 0 Å². The third kappa shape index (κ3) is 6.07. The van der Waals surface area contributed by atoms with Crippen LogP contribution in [0.4, 0.5) is 5.69 Å². The van der Waals surface area contributed by atoms with Gasteiger partial charge in [-0.15, -0.1) is 0 Å². The van der Waals surface area contributed by atoms with E-state index in [0.29, 0.717) is 17.9 Å². The fourth-order valence-electron chi connectivity index (χ4n) is 3.16. The highest BCUT2D eigenvalue weighted by molar-refractivity contribution is 7.93. The lowest BCUT2D eigenvalue weighted by Gasteiger charge is -2.25. The number of methoxy groups -OCH3 is 1. The fraction of sp³-hybridized carbons (Fsp3) is 0.200. The Kier molecular flexibility index (Phi) is 8.52. The van der Waals surface area contributed by atoms with Crippen molar-refractivity contribution in [2.24, 2.45) is 0 Å². The summed E-state index contributed by atoms with van der Waals surface area (Å²) in [5.74, 6) is -0.106. The average Bonchev–Trinajstić information content (AvgIpc) is 2.86. The van der Waals surface area contributed by atoms with E-state index < -0.39 is 16.0 Å². The van der Waals surface area contributed by atoms with E-state index in [2.05, 4.69) is 0 Å². The number of rotatable bonds is 10. The van der Waals surface area contributed by atoms with Gasteiger partial charge in [-0.25, -0.2) is 13.2 Å². The first-order valence-corrected chi connectivity index (χ1v) is 12.2. The highest BCUT2D eigenvalue weighted by atomic mass is 35.5. The summed E-state index contributed by atoms with van der Waals surface area (Å²) < 4.78 is 39.2. The minimum Gasteiger partial charge on any atom is -0.497 e. The number of hydrogen-bond donors (Lipinski definition) is 0. The van der Waals surface area contributed by atoms with Crippen molar-refractivity contribution in [3.8, 4) is 11.8 Å². The quantitative estimate of drug-likeness (QED) is 0.281. The summed E-state index contributed by atoms with van der Waals surface area (Å²) in [5.41, 5.74) is 1.23. The number of esters is 1. The topological polar surface area (TPSA) is 96.7 Å². The largest absolute Gasteiger partial charge is 0.497 e. The van der Waals surface area contributed by atoms with Gasteiger partial charge in [-0.1, -0.05) is 41.9 Å². The lowest BCUT2D eigenvalue weighted by Crippen LogP contribution is -2.31. The van der Waals surface area contributed by atoms with Crippen LogP contribution in [0.5, 0.6) is 5.75 Å². The van der Waals surface area contributed by atoms with E-state index in [1.165, 1.54) is 29.6 Å². The molecule has 0 heterocycles. The Bertz CT molecular complexity index is 1270. The summed E-state index contributed by atoms with van der Waals surface area (Å²) in [4.78, 5) is 12.2. The predicted octanol–water partition coefficient (Wildman–Crippen LogP) is 5.20. The van der Waals surface area contributed by atoms with Crippen molar-refractivity contribution in [3.63, 3.8) is 0 Å². The molecule has 0 N–H and O–H groups in total. The number of nitriles is 1. The smallest absolute Gasteiger partial charge is 0.338 e. The zero-order valence-corrected chi connectivity index (χ0v) is 20.1. The van der Waals surface area contributed by atoms with Crippen LogP contribution in [-0.4, -0.2) is 28.1 Å².